The van der Waals surface area contributed by atoms with Gasteiger partial charge in [0, 0.05) is 63.1 Å². The molecule has 3 aromatic rings. The maximum atomic E-state index is 12.3. The summed E-state index contributed by atoms with van der Waals surface area (Å²) in [5.74, 6) is 0.579. The summed E-state index contributed by atoms with van der Waals surface area (Å²) in [5, 5.41) is 5.61. The minimum Gasteiger partial charge on any atom is -0.494 e. The van der Waals surface area contributed by atoms with Gasteiger partial charge in [-0.2, -0.15) is 0 Å². The number of nitrogens with one attached hydrogen (secondary N) is 2. The van der Waals surface area contributed by atoms with Crippen LogP contribution in [0.5, 0.6) is 5.75 Å². The smallest absolute Gasteiger partial charge is 0.251 e. The monoisotopic (exact) mass is 514 g/mol. The Hall–Kier alpha value is -3.84. The Morgan fingerprint density at radius 2 is 1.66 bits per heavy atom. The zero-order chi connectivity index (χ0) is 26.9. The normalized spacial score (nSPS) is 13.7. The molecule has 0 bridgehead atoms. The SMILES string of the molecule is CC(=O)Nc1ccc(C(=O)NCCCOc2cccc(CN3CCN(c4cccc(C)c4C)CC3)c2)cc1. The number of amides is 2. The maximum Gasteiger partial charge on any atom is 0.251 e. The van der Waals surface area contributed by atoms with Gasteiger partial charge in [-0.15, -0.1) is 0 Å². The van der Waals surface area contributed by atoms with Crippen molar-refractivity contribution in [2.24, 2.45) is 0 Å². The van der Waals surface area contributed by atoms with Crippen LogP contribution in [-0.2, 0) is 11.3 Å². The molecule has 1 fully saturated rings. The number of hydrogen-bond donors (Lipinski definition) is 2. The highest BCUT2D eigenvalue weighted by Crippen LogP contribution is 2.24. The molecule has 1 saturated heterocycles. The summed E-state index contributed by atoms with van der Waals surface area (Å²) in [6.45, 7) is 11.9. The van der Waals surface area contributed by atoms with E-state index in [-0.39, 0.29) is 11.8 Å². The molecule has 2 N–H and O–H groups in total. The van der Waals surface area contributed by atoms with Gasteiger partial charge >= 0.3 is 0 Å². The molecule has 2 amide bonds. The Bertz CT molecular complexity index is 1230. The molecule has 4 rings (SSSR count). The minimum absolute atomic E-state index is 0.139. The number of ether oxygens (including phenoxy) is 1. The third-order valence-electron chi connectivity index (χ3n) is 6.94. The van der Waals surface area contributed by atoms with E-state index in [2.05, 4.69) is 64.6 Å². The molecule has 0 atom stereocenters. The topological polar surface area (TPSA) is 73.9 Å². The molecule has 0 saturated carbocycles. The zero-order valence-corrected chi connectivity index (χ0v) is 22.6. The number of piperazine rings is 1. The summed E-state index contributed by atoms with van der Waals surface area (Å²) in [4.78, 5) is 28.4. The highest BCUT2D eigenvalue weighted by atomic mass is 16.5. The average molecular weight is 515 g/mol. The van der Waals surface area contributed by atoms with Crippen LogP contribution in [0.25, 0.3) is 0 Å². The van der Waals surface area contributed by atoms with Gasteiger partial charge in [-0.1, -0.05) is 24.3 Å². The van der Waals surface area contributed by atoms with Crippen molar-refractivity contribution in [2.45, 2.75) is 33.7 Å². The van der Waals surface area contributed by atoms with Gasteiger partial charge in [0.05, 0.1) is 6.61 Å². The van der Waals surface area contributed by atoms with Crippen LogP contribution in [-0.4, -0.2) is 56.0 Å². The van der Waals surface area contributed by atoms with Gasteiger partial charge in [-0.25, -0.2) is 0 Å². The largest absolute Gasteiger partial charge is 0.494 e. The van der Waals surface area contributed by atoms with E-state index in [0.29, 0.717) is 30.8 Å². The Balaban J connectivity index is 1.17. The van der Waals surface area contributed by atoms with Crippen molar-refractivity contribution in [3.8, 4) is 5.75 Å². The summed E-state index contributed by atoms with van der Waals surface area (Å²) in [6, 6.07) is 21.7. The van der Waals surface area contributed by atoms with Crippen molar-refractivity contribution in [3.05, 3.63) is 89.0 Å². The lowest BCUT2D eigenvalue weighted by Crippen LogP contribution is -2.46. The molecule has 0 radical (unpaired) electrons. The summed E-state index contributed by atoms with van der Waals surface area (Å²) in [6.07, 6.45) is 0.709. The summed E-state index contributed by atoms with van der Waals surface area (Å²) in [7, 11) is 0. The minimum atomic E-state index is -0.140. The molecule has 0 unspecified atom stereocenters. The van der Waals surface area contributed by atoms with Gasteiger partial charge in [0.15, 0.2) is 0 Å². The first-order chi connectivity index (χ1) is 18.4. The molecule has 0 aromatic heterocycles. The van der Waals surface area contributed by atoms with E-state index < -0.39 is 0 Å². The lowest BCUT2D eigenvalue weighted by Gasteiger charge is -2.37. The van der Waals surface area contributed by atoms with E-state index in [1.54, 1.807) is 24.3 Å². The van der Waals surface area contributed by atoms with Gasteiger partial charge in [-0.3, -0.25) is 14.5 Å². The first kappa shape index (κ1) is 27.2. The lowest BCUT2D eigenvalue weighted by atomic mass is 10.1. The van der Waals surface area contributed by atoms with Crippen LogP contribution in [0.2, 0.25) is 0 Å². The molecule has 7 nitrogen and oxygen atoms in total. The number of aryl methyl sites for hydroxylation is 1. The molecule has 1 aliphatic rings. The third kappa shape index (κ3) is 7.59. The number of rotatable bonds is 10. The molecule has 0 spiro atoms. The van der Waals surface area contributed by atoms with Crippen LogP contribution in [0.1, 0.15) is 40.4 Å². The van der Waals surface area contributed by atoms with Crippen LogP contribution >= 0.6 is 0 Å². The maximum absolute atomic E-state index is 12.3. The molecular formula is C31H38N4O3. The number of nitrogens with zero attached hydrogens (tertiary/aromatic N) is 2. The van der Waals surface area contributed by atoms with Crippen LogP contribution in [0.15, 0.2) is 66.7 Å². The molecular weight excluding hydrogens is 476 g/mol. The van der Waals surface area contributed by atoms with E-state index in [0.717, 1.165) is 38.5 Å². The van der Waals surface area contributed by atoms with E-state index in [1.165, 1.54) is 29.3 Å². The molecule has 1 heterocycles. The van der Waals surface area contributed by atoms with Crippen molar-refractivity contribution in [3.63, 3.8) is 0 Å². The summed E-state index contributed by atoms with van der Waals surface area (Å²) in [5.41, 5.74) is 6.56. The number of benzene rings is 3. The Kier molecular flexibility index (Phi) is 9.38. The predicted molar refractivity (Wildman–Crippen MR) is 153 cm³/mol. The van der Waals surface area contributed by atoms with Crippen LogP contribution in [0.4, 0.5) is 11.4 Å². The van der Waals surface area contributed by atoms with Crippen LogP contribution in [0.3, 0.4) is 0 Å². The van der Waals surface area contributed by atoms with Gasteiger partial charge < -0.3 is 20.3 Å². The van der Waals surface area contributed by atoms with Crippen molar-refractivity contribution < 1.29 is 14.3 Å². The van der Waals surface area contributed by atoms with Gasteiger partial charge in [0.25, 0.3) is 5.91 Å². The molecule has 200 valence electrons. The Morgan fingerprint density at radius 3 is 2.39 bits per heavy atom. The summed E-state index contributed by atoms with van der Waals surface area (Å²) < 4.78 is 5.96. The van der Waals surface area contributed by atoms with E-state index in [9.17, 15) is 9.59 Å². The molecule has 7 heteroatoms. The van der Waals surface area contributed by atoms with Crippen LogP contribution in [0, 0.1) is 13.8 Å². The van der Waals surface area contributed by atoms with Crippen molar-refractivity contribution >= 4 is 23.2 Å². The third-order valence-corrected chi connectivity index (χ3v) is 6.94. The number of anilines is 2. The average Bonchev–Trinajstić information content (AvgIpc) is 2.91. The highest BCUT2D eigenvalue weighted by Gasteiger charge is 2.19. The molecule has 38 heavy (non-hydrogen) atoms. The van der Waals surface area contributed by atoms with Crippen molar-refractivity contribution in [2.75, 3.05) is 49.5 Å². The second-order valence-electron chi connectivity index (χ2n) is 9.85. The summed E-state index contributed by atoms with van der Waals surface area (Å²) >= 11 is 0. The van der Waals surface area contributed by atoms with Crippen molar-refractivity contribution in [1.82, 2.24) is 10.2 Å². The molecule has 1 aliphatic heterocycles. The first-order valence-electron chi connectivity index (χ1n) is 13.3. The number of hydrogen-bond acceptors (Lipinski definition) is 5. The van der Waals surface area contributed by atoms with Gasteiger partial charge in [-0.05, 0) is 79.4 Å². The zero-order valence-electron chi connectivity index (χ0n) is 22.6. The molecule has 3 aromatic carbocycles. The highest BCUT2D eigenvalue weighted by molar-refractivity contribution is 5.95. The quantitative estimate of drug-likeness (QED) is 0.381. The molecule has 0 aliphatic carbocycles. The second kappa shape index (κ2) is 13.1. The van der Waals surface area contributed by atoms with E-state index in [4.69, 9.17) is 4.74 Å². The first-order valence-corrected chi connectivity index (χ1v) is 13.3. The van der Waals surface area contributed by atoms with E-state index >= 15 is 0 Å². The van der Waals surface area contributed by atoms with Gasteiger partial charge in [0.2, 0.25) is 5.91 Å². The predicted octanol–water partition coefficient (Wildman–Crippen LogP) is 4.78. The second-order valence-corrected chi connectivity index (χ2v) is 9.85. The van der Waals surface area contributed by atoms with Crippen LogP contribution < -0.4 is 20.3 Å². The van der Waals surface area contributed by atoms with Crippen molar-refractivity contribution in [1.29, 1.82) is 0 Å². The Labute approximate surface area is 225 Å². The standard InChI is InChI=1S/C31H38N4O3/c1-23-7-4-10-30(24(23)2)35-18-16-34(17-19-35)22-26-8-5-9-29(21-26)38-20-6-15-32-31(37)27-11-13-28(14-12-27)33-25(3)36/h4-5,7-14,21H,6,15-20,22H2,1-3H3,(H,32,37)(H,33,36). The fourth-order valence-electron chi connectivity index (χ4n) is 4.69. The number of carbonyl (C=O) groups is 2. The fourth-order valence-corrected chi connectivity index (χ4v) is 4.69. The van der Waals surface area contributed by atoms with Gasteiger partial charge in [0.1, 0.15) is 5.75 Å². The fraction of sp³-hybridized carbons (Fsp3) is 0.355. The lowest BCUT2D eigenvalue weighted by molar-refractivity contribution is -0.114. The number of carbonyl (C=O) groups excluding carboxylic acids is 2. The van der Waals surface area contributed by atoms with E-state index in [1.807, 2.05) is 12.1 Å². The Morgan fingerprint density at radius 1 is 0.921 bits per heavy atom.